The first-order valence-corrected chi connectivity index (χ1v) is 10.3. The normalized spacial score (nSPS) is 11.3. The molecule has 0 aromatic heterocycles. The standard InChI is InChI=1S/C19H17O2P2/c1-22(20)21-16-12-14-19(15-13-16)23(17-8-4-2-5-9-17)18-10-6-3-7-11-18/h2-15H,1H3/q+1. The van der Waals surface area contributed by atoms with Gasteiger partial charge in [-0.15, -0.1) is 0 Å². The molecule has 1 unspecified atom stereocenters. The number of hydrogen-bond donors (Lipinski definition) is 0. The third-order valence-corrected chi connectivity index (χ3v) is 6.27. The summed E-state index contributed by atoms with van der Waals surface area (Å²) in [5.74, 6) is 0.647. The Balaban J connectivity index is 2.00. The van der Waals surface area contributed by atoms with Crippen molar-refractivity contribution in [2.45, 2.75) is 0 Å². The molecule has 0 aliphatic rings. The van der Waals surface area contributed by atoms with Gasteiger partial charge in [-0.05, 0) is 52.7 Å². The van der Waals surface area contributed by atoms with E-state index in [1.54, 1.807) is 6.66 Å². The number of rotatable bonds is 5. The van der Waals surface area contributed by atoms with Crippen LogP contribution in [0.25, 0.3) is 0 Å². The van der Waals surface area contributed by atoms with Crippen LogP contribution in [0.1, 0.15) is 0 Å². The SMILES string of the molecule is C[P+](=O)Oc1ccc(P(c2ccccc2)c2ccccc2)cc1. The first-order valence-electron chi connectivity index (χ1n) is 7.33. The van der Waals surface area contributed by atoms with E-state index >= 15 is 0 Å². The number of hydrogen-bond acceptors (Lipinski definition) is 2. The monoisotopic (exact) mass is 339 g/mol. The molecule has 23 heavy (non-hydrogen) atoms. The van der Waals surface area contributed by atoms with E-state index in [-0.39, 0.29) is 0 Å². The summed E-state index contributed by atoms with van der Waals surface area (Å²) in [4.78, 5) is 0. The van der Waals surface area contributed by atoms with Crippen molar-refractivity contribution in [3.63, 3.8) is 0 Å². The summed E-state index contributed by atoms with van der Waals surface area (Å²) in [6.45, 7) is 1.56. The Kier molecular flexibility index (Phi) is 5.18. The Labute approximate surface area is 138 Å². The van der Waals surface area contributed by atoms with Gasteiger partial charge in [-0.1, -0.05) is 60.7 Å². The summed E-state index contributed by atoms with van der Waals surface area (Å²) in [5, 5.41) is 3.86. The van der Waals surface area contributed by atoms with Gasteiger partial charge in [0.2, 0.25) is 0 Å². The lowest BCUT2D eigenvalue weighted by atomic mass is 10.3. The Bertz CT molecular complexity index is 732. The van der Waals surface area contributed by atoms with Crippen LogP contribution in [0.5, 0.6) is 5.75 Å². The largest absolute Gasteiger partial charge is 0.552 e. The maximum atomic E-state index is 11.2. The van der Waals surface area contributed by atoms with E-state index < -0.39 is 15.9 Å². The minimum absolute atomic E-state index is 0.607. The third kappa shape index (κ3) is 4.05. The summed E-state index contributed by atoms with van der Waals surface area (Å²) in [7, 11) is -2.24. The molecule has 3 rings (SSSR count). The van der Waals surface area contributed by atoms with Crippen molar-refractivity contribution in [2.24, 2.45) is 0 Å². The summed E-state index contributed by atoms with van der Waals surface area (Å²) >= 11 is 0. The number of benzene rings is 3. The molecule has 0 spiro atoms. The van der Waals surface area contributed by atoms with Crippen molar-refractivity contribution >= 4 is 31.9 Å². The summed E-state index contributed by atoms with van der Waals surface area (Å²) in [5.41, 5.74) is 0. The molecular formula is C19H17O2P2+. The average molecular weight is 339 g/mol. The molecule has 0 heterocycles. The lowest BCUT2D eigenvalue weighted by molar-refractivity contribution is 0.511. The first kappa shape index (κ1) is 15.9. The molecule has 0 fully saturated rings. The topological polar surface area (TPSA) is 26.3 Å². The first-order chi connectivity index (χ1) is 11.2. The van der Waals surface area contributed by atoms with Crippen molar-refractivity contribution in [1.82, 2.24) is 0 Å². The van der Waals surface area contributed by atoms with Gasteiger partial charge in [0.1, 0.15) is 0 Å². The minimum atomic E-state index is -1.63. The fourth-order valence-electron chi connectivity index (χ4n) is 2.41. The van der Waals surface area contributed by atoms with Crippen molar-refractivity contribution < 1.29 is 9.09 Å². The quantitative estimate of drug-likeness (QED) is 0.652. The molecule has 0 bridgehead atoms. The molecule has 0 aliphatic heterocycles. The van der Waals surface area contributed by atoms with E-state index in [4.69, 9.17) is 4.52 Å². The second-order valence-corrected chi connectivity index (χ2v) is 8.31. The van der Waals surface area contributed by atoms with Crippen LogP contribution in [0.2, 0.25) is 0 Å². The maximum absolute atomic E-state index is 11.2. The van der Waals surface area contributed by atoms with Gasteiger partial charge in [-0.2, -0.15) is 0 Å². The van der Waals surface area contributed by atoms with Crippen LogP contribution in [0, 0.1) is 0 Å². The average Bonchev–Trinajstić information content (AvgIpc) is 2.58. The highest BCUT2D eigenvalue weighted by Gasteiger charge is 2.17. The van der Waals surface area contributed by atoms with Gasteiger partial charge < -0.3 is 0 Å². The van der Waals surface area contributed by atoms with Crippen LogP contribution in [0.4, 0.5) is 0 Å². The van der Waals surface area contributed by atoms with Crippen molar-refractivity contribution in [1.29, 1.82) is 0 Å². The van der Waals surface area contributed by atoms with Crippen LogP contribution >= 0.6 is 15.9 Å². The molecule has 0 amide bonds. The molecule has 3 aromatic carbocycles. The van der Waals surface area contributed by atoms with Crippen LogP contribution in [0.15, 0.2) is 84.9 Å². The van der Waals surface area contributed by atoms with Gasteiger partial charge in [0, 0.05) is 0 Å². The smallest absolute Gasteiger partial charge is 0.255 e. The van der Waals surface area contributed by atoms with Gasteiger partial charge in [-0.25, -0.2) is 0 Å². The Hall–Kier alpha value is -2.01. The molecule has 4 heteroatoms. The van der Waals surface area contributed by atoms with Crippen LogP contribution < -0.4 is 20.4 Å². The Morgan fingerprint density at radius 2 is 1.13 bits per heavy atom. The van der Waals surface area contributed by atoms with Crippen molar-refractivity contribution in [3.05, 3.63) is 84.9 Å². The zero-order chi connectivity index (χ0) is 16.1. The summed E-state index contributed by atoms with van der Waals surface area (Å²) in [6, 6.07) is 29.0. The second kappa shape index (κ2) is 7.51. The van der Waals surface area contributed by atoms with E-state index in [1.807, 2.05) is 24.3 Å². The molecule has 0 aliphatic carbocycles. The highest BCUT2D eigenvalue weighted by molar-refractivity contribution is 7.79. The Morgan fingerprint density at radius 3 is 1.57 bits per heavy atom. The van der Waals surface area contributed by atoms with Crippen molar-refractivity contribution in [3.8, 4) is 5.75 Å². The summed E-state index contributed by atoms with van der Waals surface area (Å²) < 4.78 is 16.5. The maximum Gasteiger partial charge on any atom is 0.552 e. The minimum Gasteiger partial charge on any atom is -0.255 e. The van der Waals surface area contributed by atoms with Gasteiger partial charge >= 0.3 is 8.03 Å². The molecule has 114 valence electrons. The van der Waals surface area contributed by atoms with E-state index in [0.29, 0.717) is 5.75 Å². The molecule has 3 aromatic rings. The third-order valence-electron chi connectivity index (χ3n) is 3.36. The van der Waals surface area contributed by atoms with E-state index in [9.17, 15) is 4.57 Å². The lowest BCUT2D eigenvalue weighted by Crippen LogP contribution is -2.20. The van der Waals surface area contributed by atoms with Crippen LogP contribution in [-0.2, 0) is 4.57 Å². The molecule has 0 saturated heterocycles. The molecule has 2 nitrogen and oxygen atoms in total. The van der Waals surface area contributed by atoms with Gasteiger partial charge in [-0.3, -0.25) is 4.52 Å². The predicted molar refractivity (Wildman–Crippen MR) is 99.3 cm³/mol. The molecule has 0 radical (unpaired) electrons. The lowest BCUT2D eigenvalue weighted by Gasteiger charge is -2.19. The summed E-state index contributed by atoms with van der Waals surface area (Å²) in [6.07, 6.45) is 0. The molecular weight excluding hydrogens is 322 g/mol. The fourth-order valence-corrected chi connectivity index (χ4v) is 5.11. The molecule has 0 N–H and O–H groups in total. The van der Waals surface area contributed by atoms with Gasteiger partial charge in [0.25, 0.3) is 0 Å². The van der Waals surface area contributed by atoms with Crippen LogP contribution in [-0.4, -0.2) is 6.66 Å². The van der Waals surface area contributed by atoms with E-state index in [2.05, 4.69) is 60.7 Å². The van der Waals surface area contributed by atoms with E-state index in [1.165, 1.54) is 15.9 Å². The van der Waals surface area contributed by atoms with Crippen molar-refractivity contribution in [2.75, 3.05) is 6.66 Å². The Morgan fingerprint density at radius 1 is 0.696 bits per heavy atom. The van der Waals surface area contributed by atoms with Gasteiger partial charge in [0.05, 0.1) is 0 Å². The fraction of sp³-hybridized carbons (Fsp3) is 0.0526. The van der Waals surface area contributed by atoms with Crippen LogP contribution in [0.3, 0.4) is 0 Å². The zero-order valence-corrected chi connectivity index (χ0v) is 14.6. The molecule has 1 atom stereocenters. The predicted octanol–water partition coefficient (Wildman–Crippen LogP) is 4.20. The zero-order valence-electron chi connectivity index (χ0n) is 12.8. The highest BCUT2D eigenvalue weighted by Crippen LogP contribution is 2.33. The van der Waals surface area contributed by atoms with E-state index in [0.717, 1.165) is 0 Å². The highest BCUT2D eigenvalue weighted by atomic mass is 31.1. The van der Waals surface area contributed by atoms with Gasteiger partial charge in [0.15, 0.2) is 12.4 Å². The second-order valence-electron chi connectivity index (χ2n) is 5.03. The molecule has 0 saturated carbocycles.